The van der Waals surface area contributed by atoms with Crippen molar-refractivity contribution < 1.29 is 9.29 Å². The number of fused-ring (bicyclic) bond motifs is 1. The first kappa shape index (κ1) is 32.5. The average Bonchev–Trinajstić information content (AvgIpc) is 3.09. The summed E-state index contributed by atoms with van der Waals surface area (Å²) in [5, 5.41) is 4.28. The smallest absolute Gasteiger partial charge is 0.268 e. The normalized spacial score (nSPS) is 16.0. The van der Waals surface area contributed by atoms with Gasteiger partial charge in [0.1, 0.15) is 17.1 Å². The Bertz CT molecular complexity index is 1920. The van der Waals surface area contributed by atoms with E-state index in [2.05, 4.69) is 38.8 Å². The second kappa shape index (κ2) is 14.5. The Morgan fingerprint density at radius 3 is 2.62 bits per heavy atom. The minimum Gasteiger partial charge on any atom is -0.610 e. The maximum absolute atomic E-state index is 14.3. The van der Waals surface area contributed by atoms with Crippen molar-refractivity contribution in [1.82, 2.24) is 34.3 Å². The van der Waals surface area contributed by atoms with Gasteiger partial charge >= 0.3 is 0 Å². The summed E-state index contributed by atoms with van der Waals surface area (Å²) in [5.41, 5.74) is 4.27. The zero-order chi connectivity index (χ0) is 32.9. The number of morpholine rings is 1. The molecule has 242 valence electrons. The number of hydrogen-bond acceptors (Lipinski definition) is 10. The summed E-state index contributed by atoms with van der Waals surface area (Å²) >= 11 is -1.42. The molecule has 0 amide bonds. The maximum Gasteiger partial charge on any atom is 0.268 e. The molecular weight excluding hydrogens is 613 g/mol. The molecule has 4 heterocycles. The first-order valence-corrected chi connectivity index (χ1v) is 16.7. The van der Waals surface area contributed by atoms with Crippen LogP contribution in [0.1, 0.15) is 28.5 Å². The number of aromatic nitrogens is 5. The zero-order valence-electron chi connectivity index (χ0n) is 26.8. The highest BCUT2D eigenvalue weighted by Gasteiger charge is 2.23. The van der Waals surface area contributed by atoms with Crippen molar-refractivity contribution in [3.05, 3.63) is 119 Å². The summed E-state index contributed by atoms with van der Waals surface area (Å²) < 4.78 is 20.8. The lowest BCUT2D eigenvalue weighted by molar-refractivity contribution is -0.0208. The average molecular weight is 651 g/mol. The number of rotatable bonds is 11. The van der Waals surface area contributed by atoms with Gasteiger partial charge in [-0.2, -0.15) is 4.98 Å². The van der Waals surface area contributed by atoms with Crippen LogP contribution in [-0.2, 0) is 22.5 Å². The predicted octanol–water partition coefficient (Wildman–Crippen LogP) is 4.11. The monoisotopic (exact) mass is 650 g/mol. The molecule has 3 aromatic heterocycles. The molecular formula is C35H38N8O3S. The highest BCUT2D eigenvalue weighted by molar-refractivity contribution is 7.91. The number of pyridine rings is 1. The van der Waals surface area contributed by atoms with E-state index in [1.54, 1.807) is 23.0 Å². The van der Waals surface area contributed by atoms with Crippen molar-refractivity contribution in [2.24, 2.45) is 0 Å². The molecule has 6 rings (SSSR count). The molecule has 5 aromatic rings. The van der Waals surface area contributed by atoms with Crippen LogP contribution in [-0.4, -0.2) is 92.0 Å². The van der Waals surface area contributed by atoms with Crippen LogP contribution in [0.5, 0.6) is 0 Å². The summed E-state index contributed by atoms with van der Waals surface area (Å²) in [4.78, 5) is 36.8. The van der Waals surface area contributed by atoms with Gasteiger partial charge in [-0.15, -0.1) is 0 Å². The largest absolute Gasteiger partial charge is 0.610 e. The van der Waals surface area contributed by atoms with Gasteiger partial charge in [0.15, 0.2) is 0 Å². The summed E-state index contributed by atoms with van der Waals surface area (Å²) in [6.45, 7) is 7.36. The van der Waals surface area contributed by atoms with E-state index in [4.69, 9.17) is 9.72 Å². The molecule has 0 aliphatic carbocycles. The van der Waals surface area contributed by atoms with Crippen LogP contribution in [0.4, 0.5) is 11.6 Å². The van der Waals surface area contributed by atoms with Gasteiger partial charge in [0.05, 0.1) is 25.5 Å². The Morgan fingerprint density at radius 2 is 1.87 bits per heavy atom. The lowest BCUT2D eigenvalue weighted by Gasteiger charge is -2.30. The van der Waals surface area contributed by atoms with Crippen LogP contribution in [0.3, 0.4) is 0 Å². The van der Waals surface area contributed by atoms with E-state index in [0.29, 0.717) is 57.7 Å². The van der Waals surface area contributed by atoms with Gasteiger partial charge in [-0.05, 0) is 56.0 Å². The van der Waals surface area contributed by atoms with E-state index in [-0.39, 0.29) is 18.2 Å². The minimum absolute atomic E-state index is 0.0170. The predicted molar refractivity (Wildman–Crippen MR) is 185 cm³/mol. The number of nitrogens with one attached hydrogen (secondary N) is 1. The number of hydrogen-bond donors (Lipinski definition) is 1. The van der Waals surface area contributed by atoms with Gasteiger partial charge in [-0.25, -0.2) is 9.97 Å². The summed E-state index contributed by atoms with van der Waals surface area (Å²) in [6, 6.07) is 19.3. The number of likely N-dealkylation sites (N-methyl/N-ethyl adjacent to an activating group) is 1. The molecule has 1 aliphatic rings. The van der Waals surface area contributed by atoms with E-state index in [0.717, 1.165) is 29.9 Å². The molecule has 2 aromatic carbocycles. The quantitative estimate of drug-likeness (QED) is 0.209. The summed E-state index contributed by atoms with van der Waals surface area (Å²) in [7, 11) is 5.95. The van der Waals surface area contributed by atoms with Gasteiger partial charge in [0, 0.05) is 59.8 Å². The fraction of sp³-hybridized carbons (Fsp3) is 0.286. The molecule has 0 saturated carbocycles. The van der Waals surface area contributed by atoms with Gasteiger partial charge in [-0.1, -0.05) is 49.0 Å². The molecule has 2 atom stereocenters. The van der Waals surface area contributed by atoms with Crippen molar-refractivity contribution in [3.8, 4) is 0 Å². The van der Waals surface area contributed by atoms with Crippen LogP contribution in [0.25, 0.3) is 16.6 Å². The minimum atomic E-state index is -1.42. The van der Waals surface area contributed by atoms with Crippen LogP contribution in [0.2, 0.25) is 0 Å². The third-order valence-electron chi connectivity index (χ3n) is 8.07. The second-order valence-electron chi connectivity index (χ2n) is 11.8. The molecule has 2 unspecified atom stereocenters. The van der Waals surface area contributed by atoms with Crippen molar-refractivity contribution in [3.63, 3.8) is 0 Å². The first-order chi connectivity index (χ1) is 22.8. The van der Waals surface area contributed by atoms with Crippen LogP contribution >= 0.6 is 0 Å². The maximum atomic E-state index is 14.3. The Labute approximate surface area is 277 Å². The van der Waals surface area contributed by atoms with Gasteiger partial charge in [0.2, 0.25) is 5.95 Å². The molecule has 0 spiro atoms. The summed E-state index contributed by atoms with van der Waals surface area (Å²) in [5.74, 6) is 0.716. The third kappa shape index (κ3) is 7.58. The number of nitrogens with zero attached hydrogens (tertiary/aromatic N) is 7. The topological polar surface area (TPSA) is 124 Å². The molecule has 47 heavy (non-hydrogen) atoms. The molecule has 1 aliphatic heterocycles. The Morgan fingerprint density at radius 1 is 1.11 bits per heavy atom. The number of anilines is 2. The Balaban J connectivity index is 1.37. The van der Waals surface area contributed by atoms with Gasteiger partial charge < -0.3 is 24.4 Å². The van der Waals surface area contributed by atoms with Crippen LogP contribution < -0.4 is 10.9 Å². The molecule has 1 fully saturated rings. The third-order valence-corrected chi connectivity index (χ3v) is 9.39. The molecule has 1 saturated heterocycles. The zero-order valence-corrected chi connectivity index (χ0v) is 27.6. The molecule has 12 heteroatoms. The van der Waals surface area contributed by atoms with Crippen LogP contribution in [0, 0.1) is 0 Å². The van der Waals surface area contributed by atoms with Crippen molar-refractivity contribution in [2.45, 2.75) is 17.7 Å². The first-order valence-electron chi connectivity index (χ1n) is 15.4. The number of ether oxygens (including phenoxy) is 1. The fourth-order valence-electron chi connectivity index (χ4n) is 5.43. The standard InChI is InChI=1S/C35H38N8O3S/c1-24(25-8-6-5-7-9-25)29-20-27-21-38-35(39-28-12-10-26(11-13-28)31-23-42(4)16-18-46-31)40-32(27)43(34(29)44)22-30-33(37-15-14-36-30)47(45)19-17-41(2)3/h5-15,20-21,31H,1,16-19,22-23H2,2-4H3,(H,38,39,40). The SMILES string of the molecule is C=C(c1ccccc1)c1cc2cnc(Nc3ccc(C4CN(C)CCO4)cc3)nc2n(Cc2nccnc2[S+]([O-])CCN(C)C)c1=O. The highest BCUT2D eigenvalue weighted by Crippen LogP contribution is 2.26. The van der Waals surface area contributed by atoms with Crippen LogP contribution in [0.15, 0.2) is 95.7 Å². The molecule has 11 nitrogen and oxygen atoms in total. The molecule has 0 bridgehead atoms. The van der Waals surface area contributed by atoms with E-state index in [1.807, 2.05) is 73.6 Å². The molecule has 0 radical (unpaired) electrons. The lowest BCUT2D eigenvalue weighted by Crippen LogP contribution is -2.35. The molecule has 1 N–H and O–H groups in total. The Kier molecular flexibility index (Phi) is 10.0. The number of benzene rings is 2. The highest BCUT2D eigenvalue weighted by atomic mass is 32.2. The second-order valence-corrected chi connectivity index (χ2v) is 13.3. The van der Waals surface area contributed by atoms with Gasteiger partial charge in [0.25, 0.3) is 10.6 Å². The van der Waals surface area contributed by atoms with E-state index in [1.165, 1.54) is 6.20 Å². The van der Waals surface area contributed by atoms with E-state index < -0.39 is 11.2 Å². The van der Waals surface area contributed by atoms with Crippen molar-refractivity contribution >= 4 is 39.4 Å². The van der Waals surface area contributed by atoms with Gasteiger partial charge in [-0.3, -0.25) is 14.3 Å². The van der Waals surface area contributed by atoms with Crippen molar-refractivity contribution in [2.75, 3.05) is 58.5 Å². The lowest BCUT2D eigenvalue weighted by atomic mass is 10.00. The van der Waals surface area contributed by atoms with E-state index >= 15 is 0 Å². The van der Waals surface area contributed by atoms with Crippen molar-refractivity contribution in [1.29, 1.82) is 0 Å². The fourth-order valence-corrected chi connectivity index (χ4v) is 6.71. The van der Waals surface area contributed by atoms with E-state index in [9.17, 15) is 9.35 Å². The Hall–Kier alpha value is -4.46. The summed E-state index contributed by atoms with van der Waals surface area (Å²) in [6.07, 6.45) is 4.78.